The topological polar surface area (TPSA) is 61.8 Å². The first kappa shape index (κ1) is 19.6. The van der Waals surface area contributed by atoms with Crippen LogP contribution < -0.4 is 20.3 Å². The van der Waals surface area contributed by atoms with Crippen LogP contribution in [0.2, 0.25) is 0 Å². The average Bonchev–Trinajstić information content (AvgIpc) is 2.98. The van der Waals surface area contributed by atoms with Crippen LogP contribution in [0.5, 0.6) is 5.75 Å². The van der Waals surface area contributed by atoms with Gasteiger partial charge in [-0.15, -0.1) is 0 Å². The largest absolute Gasteiger partial charge is 0.488 e. The SMILES string of the molecule is CN=C(NCc1ccnc(N2CCCCCC2)c1)NCC1Cc2ccccc2O1. The molecule has 2 aromatic rings. The second kappa shape index (κ2) is 9.63. The smallest absolute Gasteiger partial charge is 0.191 e. The molecule has 4 rings (SSSR count). The maximum absolute atomic E-state index is 6.00. The molecule has 1 aromatic carbocycles. The van der Waals surface area contributed by atoms with E-state index in [9.17, 15) is 0 Å². The number of nitrogens with one attached hydrogen (secondary N) is 2. The number of anilines is 1. The standard InChI is InChI=1S/C23H31N5O/c1-24-23(27-17-20-15-19-8-4-5-9-21(19)29-20)26-16-18-10-11-25-22(14-18)28-12-6-2-3-7-13-28/h4-5,8-11,14,20H,2-3,6-7,12-13,15-17H2,1H3,(H2,24,26,27). The van der Waals surface area contributed by atoms with Crippen molar-refractivity contribution in [3.05, 3.63) is 53.7 Å². The highest BCUT2D eigenvalue weighted by molar-refractivity contribution is 5.79. The van der Waals surface area contributed by atoms with Crippen LogP contribution in [0.25, 0.3) is 0 Å². The fourth-order valence-corrected chi connectivity index (χ4v) is 4.03. The minimum Gasteiger partial charge on any atom is -0.488 e. The van der Waals surface area contributed by atoms with Crippen molar-refractivity contribution in [1.82, 2.24) is 15.6 Å². The van der Waals surface area contributed by atoms with Gasteiger partial charge in [0.05, 0.1) is 6.54 Å². The maximum Gasteiger partial charge on any atom is 0.191 e. The summed E-state index contributed by atoms with van der Waals surface area (Å²) in [6, 6.07) is 12.5. The van der Waals surface area contributed by atoms with Crippen molar-refractivity contribution in [2.45, 2.75) is 44.8 Å². The lowest BCUT2D eigenvalue weighted by Gasteiger charge is -2.22. The monoisotopic (exact) mass is 393 g/mol. The van der Waals surface area contributed by atoms with Crippen molar-refractivity contribution >= 4 is 11.8 Å². The minimum atomic E-state index is 0.140. The molecular weight excluding hydrogens is 362 g/mol. The van der Waals surface area contributed by atoms with E-state index in [2.05, 4.69) is 49.8 Å². The Hall–Kier alpha value is -2.76. The lowest BCUT2D eigenvalue weighted by molar-refractivity contribution is 0.235. The van der Waals surface area contributed by atoms with Gasteiger partial charge in [-0.3, -0.25) is 4.99 Å². The molecule has 0 spiro atoms. The number of hydrogen-bond donors (Lipinski definition) is 2. The van der Waals surface area contributed by atoms with E-state index in [1.165, 1.54) is 36.8 Å². The van der Waals surface area contributed by atoms with E-state index in [1.807, 2.05) is 18.3 Å². The molecule has 29 heavy (non-hydrogen) atoms. The van der Waals surface area contributed by atoms with Gasteiger partial charge < -0.3 is 20.3 Å². The lowest BCUT2D eigenvalue weighted by atomic mass is 10.1. The van der Waals surface area contributed by atoms with Crippen LogP contribution in [0.1, 0.15) is 36.8 Å². The second-order valence-electron chi connectivity index (χ2n) is 7.78. The van der Waals surface area contributed by atoms with E-state index >= 15 is 0 Å². The third-order valence-electron chi connectivity index (χ3n) is 5.63. The molecule has 2 aliphatic heterocycles. The van der Waals surface area contributed by atoms with Crippen LogP contribution in [0, 0.1) is 0 Å². The summed E-state index contributed by atoms with van der Waals surface area (Å²) in [6.45, 7) is 3.66. The number of aromatic nitrogens is 1. The minimum absolute atomic E-state index is 0.140. The van der Waals surface area contributed by atoms with Gasteiger partial charge in [0.25, 0.3) is 0 Å². The van der Waals surface area contributed by atoms with E-state index < -0.39 is 0 Å². The van der Waals surface area contributed by atoms with Crippen molar-refractivity contribution in [3.8, 4) is 5.75 Å². The van der Waals surface area contributed by atoms with E-state index in [-0.39, 0.29) is 6.10 Å². The van der Waals surface area contributed by atoms with Crippen molar-refractivity contribution < 1.29 is 4.74 Å². The Kier molecular flexibility index (Phi) is 6.49. The van der Waals surface area contributed by atoms with E-state index in [0.29, 0.717) is 0 Å². The molecular formula is C23H31N5O. The van der Waals surface area contributed by atoms with Gasteiger partial charge >= 0.3 is 0 Å². The van der Waals surface area contributed by atoms with Crippen LogP contribution in [-0.4, -0.2) is 43.7 Å². The third kappa shape index (κ3) is 5.19. The summed E-state index contributed by atoms with van der Waals surface area (Å²) in [4.78, 5) is 11.4. The fourth-order valence-electron chi connectivity index (χ4n) is 4.03. The first-order chi connectivity index (χ1) is 14.3. The molecule has 1 unspecified atom stereocenters. The number of ether oxygens (including phenoxy) is 1. The summed E-state index contributed by atoms with van der Waals surface area (Å²) < 4.78 is 6.00. The molecule has 3 heterocycles. The molecule has 1 atom stereocenters. The average molecular weight is 394 g/mol. The number of pyridine rings is 1. The van der Waals surface area contributed by atoms with Gasteiger partial charge in [0, 0.05) is 39.3 Å². The van der Waals surface area contributed by atoms with Gasteiger partial charge in [-0.1, -0.05) is 31.0 Å². The first-order valence-corrected chi connectivity index (χ1v) is 10.7. The number of aliphatic imine (C=N–C) groups is 1. The number of nitrogens with zero attached hydrogens (tertiary/aromatic N) is 3. The van der Waals surface area contributed by atoms with Crippen LogP contribution in [0.15, 0.2) is 47.6 Å². The van der Waals surface area contributed by atoms with Crippen molar-refractivity contribution in [2.75, 3.05) is 31.6 Å². The molecule has 2 N–H and O–H groups in total. The zero-order valence-corrected chi connectivity index (χ0v) is 17.2. The Bertz CT molecular complexity index is 805. The number of benzene rings is 1. The molecule has 0 bridgehead atoms. The summed E-state index contributed by atoms with van der Waals surface area (Å²) in [5.74, 6) is 2.88. The third-order valence-corrected chi connectivity index (χ3v) is 5.63. The highest BCUT2D eigenvalue weighted by atomic mass is 16.5. The zero-order chi connectivity index (χ0) is 19.9. The van der Waals surface area contributed by atoms with Crippen molar-refractivity contribution in [1.29, 1.82) is 0 Å². The summed E-state index contributed by atoms with van der Waals surface area (Å²) in [7, 11) is 1.80. The Morgan fingerprint density at radius 1 is 1.14 bits per heavy atom. The Labute approximate surface area is 173 Å². The van der Waals surface area contributed by atoms with E-state index in [0.717, 1.165) is 50.1 Å². The summed E-state index contributed by atoms with van der Waals surface area (Å²) >= 11 is 0. The molecule has 1 saturated heterocycles. The summed E-state index contributed by atoms with van der Waals surface area (Å²) in [6.07, 6.45) is 8.16. The Balaban J connectivity index is 1.27. The van der Waals surface area contributed by atoms with Crippen molar-refractivity contribution in [3.63, 3.8) is 0 Å². The maximum atomic E-state index is 6.00. The number of guanidine groups is 1. The Morgan fingerprint density at radius 2 is 1.97 bits per heavy atom. The predicted molar refractivity (Wildman–Crippen MR) is 118 cm³/mol. The number of para-hydroxylation sites is 1. The molecule has 2 aliphatic rings. The highest BCUT2D eigenvalue weighted by Crippen LogP contribution is 2.27. The van der Waals surface area contributed by atoms with Gasteiger partial charge in [-0.05, 0) is 42.2 Å². The van der Waals surface area contributed by atoms with E-state index in [1.54, 1.807) is 7.05 Å². The molecule has 1 fully saturated rings. The van der Waals surface area contributed by atoms with Gasteiger partial charge in [-0.2, -0.15) is 0 Å². The first-order valence-electron chi connectivity index (χ1n) is 10.7. The molecule has 154 valence electrons. The van der Waals surface area contributed by atoms with Crippen LogP contribution in [0.3, 0.4) is 0 Å². The van der Waals surface area contributed by atoms with Gasteiger partial charge in [0.2, 0.25) is 0 Å². The Morgan fingerprint density at radius 3 is 2.76 bits per heavy atom. The normalized spacial score (nSPS) is 19.3. The fraction of sp³-hybridized carbons (Fsp3) is 0.478. The van der Waals surface area contributed by atoms with Crippen LogP contribution >= 0.6 is 0 Å². The molecule has 6 nitrogen and oxygen atoms in total. The molecule has 0 radical (unpaired) electrons. The molecule has 0 aliphatic carbocycles. The lowest BCUT2D eigenvalue weighted by Crippen LogP contribution is -2.42. The summed E-state index contributed by atoms with van der Waals surface area (Å²) in [5.41, 5.74) is 2.49. The molecule has 1 aromatic heterocycles. The zero-order valence-electron chi connectivity index (χ0n) is 17.2. The van der Waals surface area contributed by atoms with Crippen LogP contribution in [-0.2, 0) is 13.0 Å². The van der Waals surface area contributed by atoms with Crippen LogP contribution in [0.4, 0.5) is 5.82 Å². The second-order valence-corrected chi connectivity index (χ2v) is 7.78. The molecule has 0 saturated carbocycles. The van der Waals surface area contributed by atoms with Gasteiger partial charge in [-0.25, -0.2) is 4.98 Å². The molecule has 6 heteroatoms. The molecule has 0 amide bonds. The number of fused-ring (bicyclic) bond motifs is 1. The summed E-state index contributed by atoms with van der Waals surface area (Å²) in [5, 5.41) is 6.80. The highest BCUT2D eigenvalue weighted by Gasteiger charge is 2.22. The van der Waals surface area contributed by atoms with Crippen molar-refractivity contribution in [2.24, 2.45) is 4.99 Å². The van der Waals surface area contributed by atoms with E-state index in [4.69, 9.17) is 4.74 Å². The number of hydrogen-bond acceptors (Lipinski definition) is 4. The van der Waals surface area contributed by atoms with Gasteiger partial charge in [0.15, 0.2) is 5.96 Å². The van der Waals surface area contributed by atoms with Gasteiger partial charge in [0.1, 0.15) is 17.7 Å². The predicted octanol–water partition coefficient (Wildman–Crippen LogP) is 3.13. The number of rotatable bonds is 5. The quantitative estimate of drug-likeness (QED) is 0.604.